The van der Waals surface area contributed by atoms with Crippen LogP contribution in [0.5, 0.6) is 5.75 Å². The van der Waals surface area contributed by atoms with Gasteiger partial charge < -0.3 is 15.4 Å². The second-order valence-corrected chi connectivity index (χ2v) is 7.90. The molecule has 8 heteroatoms. The molecule has 3 heterocycles. The summed E-state index contributed by atoms with van der Waals surface area (Å²) in [5, 5.41) is 19.6. The Labute approximate surface area is 185 Å². The summed E-state index contributed by atoms with van der Waals surface area (Å²) in [7, 11) is 0. The maximum Gasteiger partial charge on any atom is 0.182 e. The van der Waals surface area contributed by atoms with Crippen molar-refractivity contribution in [1.29, 1.82) is 0 Å². The molecule has 0 aliphatic rings. The highest BCUT2D eigenvalue weighted by Crippen LogP contribution is 2.27. The summed E-state index contributed by atoms with van der Waals surface area (Å²) in [5.41, 5.74) is 3.71. The van der Waals surface area contributed by atoms with Gasteiger partial charge in [0.2, 0.25) is 0 Å². The molecule has 0 radical (unpaired) electrons. The van der Waals surface area contributed by atoms with Gasteiger partial charge in [0.25, 0.3) is 0 Å². The highest BCUT2D eigenvalue weighted by atomic mass is 16.5. The van der Waals surface area contributed by atoms with Crippen molar-refractivity contribution in [3.8, 4) is 17.1 Å². The second-order valence-electron chi connectivity index (χ2n) is 7.90. The molecule has 0 atom stereocenters. The number of fused-ring (bicyclic) bond motifs is 2. The SMILES string of the molecule is CC(C)NCCOc1cccc(-c2nc(Nc3ccc4[nH]ncc4c3)c3cccn3n2)c1. The van der Waals surface area contributed by atoms with Gasteiger partial charge in [-0.1, -0.05) is 26.0 Å². The zero-order valence-electron chi connectivity index (χ0n) is 18.0. The summed E-state index contributed by atoms with van der Waals surface area (Å²) >= 11 is 0. The highest BCUT2D eigenvalue weighted by Gasteiger charge is 2.11. The first-order chi connectivity index (χ1) is 15.7. The van der Waals surface area contributed by atoms with E-state index >= 15 is 0 Å². The van der Waals surface area contributed by atoms with Crippen molar-refractivity contribution in [1.82, 2.24) is 30.1 Å². The highest BCUT2D eigenvalue weighted by molar-refractivity contribution is 5.84. The standard InChI is InChI=1S/C24H25N7O/c1-16(2)25-10-12-32-20-6-3-5-17(14-20)23-28-24(22-7-4-11-31(22)30-23)27-19-8-9-21-18(13-19)15-26-29-21/h3-9,11,13-16,25H,10,12H2,1-2H3,(H,26,29)(H,27,28,30). The number of rotatable bonds is 8. The summed E-state index contributed by atoms with van der Waals surface area (Å²) in [6.07, 6.45) is 3.73. The van der Waals surface area contributed by atoms with Gasteiger partial charge in [0.05, 0.1) is 11.7 Å². The largest absolute Gasteiger partial charge is 0.492 e. The number of benzene rings is 2. The Morgan fingerprint density at radius 1 is 1.09 bits per heavy atom. The fourth-order valence-electron chi connectivity index (χ4n) is 3.55. The molecule has 3 N–H and O–H groups in total. The molecule has 8 nitrogen and oxygen atoms in total. The maximum absolute atomic E-state index is 5.90. The van der Waals surface area contributed by atoms with Gasteiger partial charge in [0, 0.05) is 35.4 Å². The van der Waals surface area contributed by atoms with Crippen LogP contribution in [0.2, 0.25) is 0 Å². The molecule has 0 fully saturated rings. The second kappa shape index (κ2) is 8.68. The first kappa shape index (κ1) is 20.0. The van der Waals surface area contributed by atoms with Gasteiger partial charge in [0.15, 0.2) is 11.6 Å². The van der Waals surface area contributed by atoms with Crippen molar-refractivity contribution in [2.75, 3.05) is 18.5 Å². The van der Waals surface area contributed by atoms with Gasteiger partial charge in [-0.2, -0.15) is 5.10 Å². The van der Waals surface area contributed by atoms with E-state index in [-0.39, 0.29) is 0 Å². The first-order valence-corrected chi connectivity index (χ1v) is 10.7. The Morgan fingerprint density at radius 2 is 2.03 bits per heavy atom. The summed E-state index contributed by atoms with van der Waals surface area (Å²) in [5.74, 6) is 2.14. The Bertz CT molecular complexity index is 1360. The molecule has 162 valence electrons. The van der Waals surface area contributed by atoms with Crippen LogP contribution < -0.4 is 15.4 Å². The lowest BCUT2D eigenvalue weighted by Gasteiger charge is -2.12. The molecule has 2 aromatic carbocycles. The average molecular weight is 428 g/mol. The van der Waals surface area contributed by atoms with Crippen molar-refractivity contribution < 1.29 is 4.74 Å². The lowest BCUT2D eigenvalue weighted by Crippen LogP contribution is -2.27. The molecule has 5 aromatic rings. The number of nitrogens with one attached hydrogen (secondary N) is 3. The molecule has 0 amide bonds. The van der Waals surface area contributed by atoms with E-state index in [0.717, 1.165) is 45.8 Å². The number of aromatic nitrogens is 5. The molecule has 5 rings (SSSR count). The van der Waals surface area contributed by atoms with E-state index in [1.165, 1.54) is 0 Å². The molecule has 0 spiro atoms. The molecular formula is C24H25N7O. The molecule has 0 saturated heterocycles. The van der Waals surface area contributed by atoms with Gasteiger partial charge in [-0.15, -0.1) is 5.10 Å². The Morgan fingerprint density at radius 3 is 2.94 bits per heavy atom. The minimum Gasteiger partial charge on any atom is -0.492 e. The molecule has 0 bridgehead atoms. The van der Waals surface area contributed by atoms with E-state index < -0.39 is 0 Å². The number of H-pyrrole nitrogens is 1. The lowest BCUT2D eigenvalue weighted by atomic mass is 10.2. The van der Waals surface area contributed by atoms with E-state index in [2.05, 4.69) is 34.7 Å². The van der Waals surface area contributed by atoms with Gasteiger partial charge in [-0.25, -0.2) is 9.50 Å². The van der Waals surface area contributed by atoms with Gasteiger partial charge in [-0.3, -0.25) is 5.10 Å². The smallest absolute Gasteiger partial charge is 0.182 e. The van der Waals surface area contributed by atoms with Gasteiger partial charge >= 0.3 is 0 Å². The predicted octanol–water partition coefficient (Wildman–Crippen LogP) is 4.39. The van der Waals surface area contributed by atoms with Crippen molar-refractivity contribution in [3.63, 3.8) is 0 Å². The number of nitrogens with zero attached hydrogens (tertiary/aromatic N) is 4. The van der Waals surface area contributed by atoms with E-state index in [4.69, 9.17) is 14.8 Å². The van der Waals surface area contributed by atoms with Crippen LogP contribution in [0.4, 0.5) is 11.5 Å². The summed E-state index contributed by atoms with van der Waals surface area (Å²) < 4.78 is 7.74. The normalized spacial score (nSPS) is 11.5. The predicted molar refractivity (Wildman–Crippen MR) is 126 cm³/mol. The number of hydrogen-bond donors (Lipinski definition) is 3. The average Bonchev–Trinajstić information content (AvgIpc) is 3.46. The number of aromatic amines is 1. The lowest BCUT2D eigenvalue weighted by molar-refractivity contribution is 0.309. The number of ether oxygens (including phenoxy) is 1. The van der Waals surface area contributed by atoms with Crippen molar-refractivity contribution in [3.05, 3.63) is 67.0 Å². The van der Waals surface area contributed by atoms with Crippen LogP contribution in [-0.2, 0) is 0 Å². The molecule has 32 heavy (non-hydrogen) atoms. The Balaban J connectivity index is 1.43. The Hall–Kier alpha value is -3.91. The summed E-state index contributed by atoms with van der Waals surface area (Å²) in [4.78, 5) is 4.83. The van der Waals surface area contributed by atoms with E-state index in [9.17, 15) is 0 Å². The summed E-state index contributed by atoms with van der Waals surface area (Å²) in [6.45, 7) is 5.63. The van der Waals surface area contributed by atoms with Crippen molar-refractivity contribution in [2.24, 2.45) is 0 Å². The fraction of sp³-hybridized carbons (Fsp3) is 0.208. The fourth-order valence-corrected chi connectivity index (χ4v) is 3.55. The van der Waals surface area contributed by atoms with Crippen LogP contribution in [-0.4, -0.2) is 44.0 Å². The molecule has 0 aliphatic carbocycles. The first-order valence-electron chi connectivity index (χ1n) is 10.7. The molecule has 3 aromatic heterocycles. The van der Waals surface area contributed by atoms with Crippen molar-refractivity contribution in [2.45, 2.75) is 19.9 Å². The van der Waals surface area contributed by atoms with E-state index in [1.807, 2.05) is 65.3 Å². The van der Waals surface area contributed by atoms with E-state index in [0.29, 0.717) is 18.5 Å². The number of anilines is 2. The van der Waals surface area contributed by atoms with Crippen LogP contribution >= 0.6 is 0 Å². The third-order valence-corrected chi connectivity index (χ3v) is 5.11. The molecule has 0 unspecified atom stereocenters. The zero-order valence-corrected chi connectivity index (χ0v) is 18.0. The molecular weight excluding hydrogens is 402 g/mol. The Kier molecular flexibility index (Phi) is 5.43. The minimum absolute atomic E-state index is 0.437. The van der Waals surface area contributed by atoms with Crippen LogP contribution in [0.15, 0.2) is 67.0 Å². The van der Waals surface area contributed by atoms with E-state index in [1.54, 1.807) is 6.20 Å². The zero-order chi connectivity index (χ0) is 21.9. The minimum atomic E-state index is 0.437. The van der Waals surface area contributed by atoms with Gasteiger partial charge in [-0.05, 0) is 42.5 Å². The van der Waals surface area contributed by atoms with Crippen LogP contribution in [0.1, 0.15) is 13.8 Å². The van der Waals surface area contributed by atoms with Crippen LogP contribution in [0.3, 0.4) is 0 Å². The van der Waals surface area contributed by atoms with Gasteiger partial charge in [0.1, 0.15) is 17.9 Å². The van der Waals surface area contributed by atoms with Crippen LogP contribution in [0.25, 0.3) is 27.8 Å². The topological polar surface area (TPSA) is 92.2 Å². The quantitative estimate of drug-likeness (QED) is 0.318. The van der Waals surface area contributed by atoms with Crippen molar-refractivity contribution >= 4 is 27.9 Å². The molecule has 0 saturated carbocycles. The third kappa shape index (κ3) is 4.26. The third-order valence-electron chi connectivity index (χ3n) is 5.11. The monoisotopic (exact) mass is 427 g/mol. The summed E-state index contributed by atoms with van der Waals surface area (Å²) in [6, 6.07) is 18.3. The molecule has 0 aliphatic heterocycles. The van der Waals surface area contributed by atoms with Crippen LogP contribution in [0, 0.1) is 0 Å². The number of hydrogen-bond acceptors (Lipinski definition) is 6. The maximum atomic E-state index is 5.90.